The number of fused-ring (bicyclic) bond motifs is 1. The number of imidazole rings is 1. The molecular formula is C26H31N5O2. The maximum Gasteiger partial charge on any atom is 0.407 e. The van der Waals surface area contributed by atoms with Crippen LogP contribution in [0.25, 0.3) is 11.0 Å². The number of amides is 1. The largest absolute Gasteiger partial charge is 0.444 e. The second kappa shape index (κ2) is 9.53. The van der Waals surface area contributed by atoms with Crippen molar-refractivity contribution in [3.8, 4) is 6.07 Å². The van der Waals surface area contributed by atoms with Gasteiger partial charge in [-0.3, -0.25) is 0 Å². The number of para-hydroxylation sites is 2. The van der Waals surface area contributed by atoms with E-state index in [9.17, 15) is 10.1 Å². The quantitative estimate of drug-likeness (QED) is 0.608. The minimum absolute atomic E-state index is 0.119. The molecule has 4 rings (SSSR count). The van der Waals surface area contributed by atoms with Crippen LogP contribution in [0.4, 0.5) is 10.7 Å². The molecule has 172 valence electrons. The first-order valence-corrected chi connectivity index (χ1v) is 11.5. The number of aromatic nitrogens is 2. The Morgan fingerprint density at radius 1 is 1.18 bits per heavy atom. The Kier molecular flexibility index (Phi) is 6.55. The molecule has 0 unspecified atom stereocenters. The van der Waals surface area contributed by atoms with Gasteiger partial charge in [0.2, 0.25) is 5.95 Å². The van der Waals surface area contributed by atoms with Crippen molar-refractivity contribution < 1.29 is 9.53 Å². The van der Waals surface area contributed by atoms with Crippen LogP contribution in [0.5, 0.6) is 0 Å². The highest BCUT2D eigenvalue weighted by Crippen LogP contribution is 2.29. The molecule has 0 saturated carbocycles. The molecule has 3 aromatic rings. The van der Waals surface area contributed by atoms with Gasteiger partial charge in [0.05, 0.1) is 29.2 Å². The summed E-state index contributed by atoms with van der Waals surface area (Å²) in [6.07, 6.45) is 2.74. The second-order valence-electron chi connectivity index (χ2n) is 9.48. The van der Waals surface area contributed by atoms with Crippen LogP contribution in [0, 0.1) is 11.3 Å². The SMILES string of the molecule is CC(C)(C)OC(=O)NC[C@@H]1CCCCN1c1nc2ccccc2n1Cc1ccccc1C#N. The van der Waals surface area contributed by atoms with Gasteiger partial charge in [0.25, 0.3) is 0 Å². The maximum atomic E-state index is 12.3. The number of rotatable bonds is 5. The van der Waals surface area contributed by atoms with Crippen LogP contribution in [0.3, 0.4) is 0 Å². The van der Waals surface area contributed by atoms with Crippen molar-refractivity contribution >= 4 is 23.1 Å². The van der Waals surface area contributed by atoms with Crippen molar-refractivity contribution in [1.29, 1.82) is 5.26 Å². The van der Waals surface area contributed by atoms with Gasteiger partial charge in [-0.25, -0.2) is 9.78 Å². The maximum absolute atomic E-state index is 12.3. The molecule has 0 spiro atoms. The van der Waals surface area contributed by atoms with Gasteiger partial charge in [0.1, 0.15) is 5.60 Å². The summed E-state index contributed by atoms with van der Waals surface area (Å²) >= 11 is 0. The van der Waals surface area contributed by atoms with Crippen molar-refractivity contribution in [1.82, 2.24) is 14.9 Å². The number of nitriles is 1. The normalized spacial score (nSPS) is 16.4. The predicted molar refractivity (Wildman–Crippen MR) is 129 cm³/mol. The lowest BCUT2D eigenvalue weighted by Crippen LogP contribution is -2.48. The van der Waals surface area contributed by atoms with Gasteiger partial charge in [0, 0.05) is 19.1 Å². The van der Waals surface area contributed by atoms with E-state index in [0.717, 1.165) is 48.4 Å². The Bertz CT molecular complexity index is 1170. The zero-order chi connectivity index (χ0) is 23.4. The van der Waals surface area contributed by atoms with Gasteiger partial charge < -0.3 is 19.5 Å². The Morgan fingerprint density at radius 3 is 2.73 bits per heavy atom. The van der Waals surface area contributed by atoms with Crippen LogP contribution >= 0.6 is 0 Å². The van der Waals surface area contributed by atoms with Crippen molar-refractivity contribution in [3.05, 3.63) is 59.7 Å². The Morgan fingerprint density at radius 2 is 1.94 bits per heavy atom. The summed E-state index contributed by atoms with van der Waals surface area (Å²) in [5, 5.41) is 12.5. The summed E-state index contributed by atoms with van der Waals surface area (Å²) in [4.78, 5) is 19.5. The summed E-state index contributed by atoms with van der Waals surface area (Å²) in [6, 6.07) is 18.2. The van der Waals surface area contributed by atoms with Crippen molar-refractivity contribution in [2.75, 3.05) is 18.0 Å². The number of benzene rings is 2. The molecule has 1 atom stereocenters. The highest BCUT2D eigenvalue weighted by Gasteiger charge is 2.28. The number of nitrogens with zero attached hydrogens (tertiary/aromatic N) is 4. The Balaban J connectivity index is 1.65. The highest BCUT2D eigenvalue weighted by molar-refractivity contribution is 5.79. The smallest absolute Gasteiger partial charge is 0.407 e. The lowest BCUT2D eigenvalue weighted by atomic mass is 10.0. The van der Waals surface area contributed by atoms with E-state index in [1.807, 2.05) is 63.2 Å². The molecule has 1 N–H and O–H groups in total. The van der Waals surface area contributed by atoms with E-state index in [2.05, 4.69) is 26.9 Å². The van der Waals surface area contributed by atoms with Crippen molar-refractivity contribution in [3.63, 3.8) is 0 Å². The van der Waals surface area contributed by atoms with E-state index in [1.165, 1.54) is 0 Å². The third-order valence-electron chi connectivity index (χ3n) is 5.87. The number of alkyl carbamates (subject to hydrolysis) is 1. The lowest BCUT2D eigenvalue weighted by Gasteiger charge is -2.37. The fraction of sp³-hybridized carbons (Fsp3) is 0.423. The van der Waals surface area contributed by atoms with E-state index in [-0.39, 0.29) is 6.04 Å². The lowest BCUT2D eigenvalue weighted by molar-refractivity contribution is 0.0522. The molecule has 0 aliphatic carbocycles. The molecule has 1 saturated heterocycles. The fourth-order valence-electron chi connectivity index (χ4n) is 4.37. The number of anilines is 1. The standard InChI is InChI=1S/C26H31N5O2/c1-26(2,3)33-25(32)28-17-21-12-8-9-15-30(21)24-29-22-13-6-7-14-23(22)31(24)18-20-11-5-4-10-19(20)16-27/h4-7,10-11,13-14,21H,8-9,12,15,17-18H2,1-3H3,(H,28,32)/t21-/m0/s1. The number of nitrogens with one attached hydrogen (secondary N) is 1. The van der Waals surface area contributed by atoms with E-state index in [0.29, 0.717) is 18.7 Å². The van der Waals surface area contributed by atoms with Gasteiger partial charge in [-0.05, 0) is 63.8 Å². The molecule has 0 bridgehead atoms. The second-order valence-corrected chi connectivity index (χ2v) is 9.48. The molecular weight excluding hydrogens is 414 g/mol. The zero-order valence-corrected chi connectivity index (χ0v) is 19.5. The Hall–Kier alpha value is -3.53. The molecule has 1 aliphatic heterocycles. The van der Waals surface area contributed by atoms with Gasteiger partial charge in [-0.15, -0.1) is 0 Å². The number of carbonyl (C=O) groups excluding carboxylic acids is 1. The van der Waals surface area contributed by atoms with Crippen LogP contribution in [-0.4, -0.2) is 40.4 Å². The number of carbonyl (C=O) groups is 1. The van der Waals surface area contributed by atoms with Crippen molar-refractivity contribution in [2.24, 2.45) is 0 Å². The minimum atomic E-state index is -0.529. The third-order valence-corrected chi connectivity index (χ3v) is 5.87. The summed E-state index contributed by atoms with van der Waals surface area (Å²) in [5.41, 5.74) is 3.06. The first-order chi connectivity index (χ1) is 15.9. The molecule has 1 fully saturated rings. The van der Waals surface area contributed by atoms with Crippen LogP contribution in [0.15, 0.2) is 48.5 Å². The molecule has 2 aromatic carbocycles. The number of hydrogen-bond donors (Lipinski definition) is 1. The van der Waals surface area contributed by atoms with Crippen LogP contribution in [0.1, 0.15) is 51.2 Å². The third kappa shape index (κ3) is 5.28. The van der Waals surface area contributed by atoms with Crippen LogP contribution < -0.4 is 10.2 Å². The summed E-state index contributed by atoms with van der Waals surface area (Å²) in [6.45, 7) is 7.50. The van der Waals surface area contributed by atoms with Crippen LogP contribution in [0.2, 0.25) is 0 Å². The van der Waals surface area contributed by atoms with E-state index >= 15 is 0 Å². The van der Waals surface area contributed by atoms with Gasteiger partial charge in [-0.2, -0.15) is 5.26 Å². The number of ether oxygens (including phenoxy) is 1. The average molecular weight is 446 g/mol. The molecule has 1 amide bonds. The van der Waals surface area contributed by atoms with Gasteiger partial charge in [-0.1, -0.05) is 30.3 Å². The summed E-state index contributed by atoms with van der Waals surface area (Å²) in [5.74, 6) is 0.875. The number of piperidine rings is 1. The van der Waals surface area contributed by atoms with Crippen LogP contribution in [-0.2, 0) is 11.3 Å². The molecule has 33 heavy (non-hydrogen) atoms. The van der Waals surface area contributed by atoms with E-state index in [4.69, 9.17) is 9.72 Å². The molecule has 7 nitrogen and oxygen atoms in total. The Labute approximate surface area is 195 Å². The first kappa shape index (κ1) is 22.7. The molecule has 1 aromatic heterocycles. The average Bonchev–Trinajstić information content (AvgIpc) is 3.15. The predicted octanol–water partition coefficient (Wildman–Crippen LogP) is 4.84. The first-order valence-electron chi connectivity index (χ1n) is 11.5. The summed E-state index contributed by atoms with van der Waals surface area (Å²) < 4.78 is 7.62. The zero-order valence-electron chi connectivity index (χ0n) is 19.5. The van der Waals surface area contributed by atoms with Crippen molar-refractivity contribution in [2.45, 2.75) is 58.2 Å². The minimum Gasteiger partial charge on any atom is -0.444 e. The monoisotopic (exact) mass is 445 g/mol. The highest BCUT2D eigenvalue weighted by atomic mass is 16.6. The number of hydrogen-bond acceptors (Lipinski definition) is 5. The molecule has 2 heterocycles. The van der Waals surface area contributed by atoms with E-state index in [1.54, 1.807) is 0 Å². The topological polar surface area (TPSA) is 83.2 Å². The summed E-state index contributed by atoms with van der Waals surface area (Å²) in [7, 11) is 0. The van der Waals surface area contributed by atoms with Gasteiger partial charge in [0.15, 0.2) is 0 Å². The van der Waals surface area contributed by atoms with Gasteiger partial charge >= 0.3 is 6.09 Å². The van der Waals surface area contributed by atoms with E-state index < -0.39 is 11.7 Å². The molecule has 0 radical (unpaired) electrons. The molecule has 1 aliphatic rings. The molecule has 7 heteroatoms. The fourth-order valence-corrected chi connectivity index (χ4v) is 4.37.